The van der Waals surface area contributed by atoms with Crippen LogP contribution in [0.25, 0.3) is 0 Å². The van der Waals surface area contributed by atoms with E-state index in [1.807, 2.05) is 19.1 Å². The third-order valence-corrected chi connectivity index (χ3v) is 8.74. The van der Waals surface area contributed by atoms with E-state index in [0.29, 0.717) is 29.6 Å². The van der Waals surface area contributed by atoms with Crippen molar-refractivity contribution < 1.29 is 14.4 Å². The highest BCUT2D eigenvalue weighted by Gasteiger charge is 2.32. The summed E-state index contributed by atoms with van der Waals surface area (Å²) < 4.78 is 12.8. The zero-order chi connectivity index (χ0) is 27.4. The van der Waals surface area contributed by atoms with Gasteiger partial charge in [-0.15, -0.1) is 11.3 Å². The first-order valence-electron chi connectivity index (χ1n) is 12.5. The van der Waals surface area contributed by atoms with Crippen molar-refractivity contribution in [1.82, 2.24) is 0 Å². The summed E-state index contributed by atoms with van der Waals surface area (Å²) in [5.74, 6) is 1.81. The molecule has 0 fully saturated rings. The first-order valence-corrected chi connectivity index (χ1v) is 14.4. The molecule has 38 heavy (non-hydrogen) atoms. The van der Waals surface area contributed by atoms with Gasteiger partial charge >= 0.3 is 0 Å². The maximum atomic E-state index is 10.9. The van der Waals surface area contributed by atoms with Gasteiger partial charge in [0.25, 0.3) is 5.69 Å². The van der Waals surface area contributed by atoms with Gasteiger partial charge in [0.2, 0.25) is 0 Å². The summed E-state index contributed by atoms with van der Waals surface area (Å²) in [5, 5.41) is 21.5. The van der Waals surface area contributed by atoms with Gasteiger partial charge in [-0.05, 0) is 101 Å². The van der Waals surface area contributed by atoms with E-state index in [1.165, 1.54) is 22.6 Å². The Kier molecular flexibility index (Phi) is 8.73. The van der Waals surface area contributed by atoms with Crippen molar-refractivity contribution in [2.45, 2.75) is 53.6 Å². The fraction of sp³-hybridized carbons (Fsp3) is 0.379. The van der Waals surface area contributed by atoms with Crippen molar-refractivity contribution in [3.8, 4) is 17.6 Å². The van der Waals surface area contributed by atoms with Crippen molar-refractivity contribution >= 4 is 50.8 Å². The maximum Gasteiger partial charge on any atom is 0.269 e. The van der Waals surface area contributed by atoms with Crippen LogP contribution in [0.5, 0.6) is 11.5 Å². The summed E-state index contributed by atoms with van der Waals surface area (Å²) in [4.78, 5) is 16.5. The molecule has 1 heterocycles. The first-order chi connectivity index (χ1) is 18.1. The lowest BCUT2D eigenvalue weighted by molar-refractivity contribution is -0.384. The molecule has 2 aromatic carbocycles. The highest BCUT2D eigenvalue weighted by molar-refractivity contribution is 14.1. The molecule has 1 aromatic heterocycles. The van der Waals surface area contributed by atoms with Crippen LogP contribution in [-0.4, -0.2) is 17.7 Å². The molecule has 198 valence electrons. The Bertz CT molecular complexity index is 1400. The lowest BCUT2D eigenvalue weighted by Crippen LogP contribution is -2.26. The topological polar surface area (TPSA) is 97.8 Å². The summed E-state index contributed by atoms with van der Waals surface area (Å²) in [6, 6.07) is 12.6. The summed E-state index contributed by atoms with van der Waals surface area (Å²) in [7, 11) is 0. The monoisotopic (exact) mass is 643 g/mol. The van der Waals surface area contributed by atoms with Crippen LogP contribution in [0.1, 0.15) is 61.2 Å². The van der Waals surface area contributed by atoms with Crippen LogP contribution in [0.3, 0.4) is 0 Å². The van der Waals surface area contributed by atoms with E-state index in [-0.39, 0.29) is 17.7 Å². The molecule has 1 atom stereocenters. The number of aliphatic imine (C=N–C) groups is 1. The molecule has 3 aromatic rings. The minimum Gasteiger partial charge on any atom is -0.490 e. The molecule has 0 aliphatic heterocycles. The maximum absolute atomic E-state index is 10.9. The average Bonchev–Trinajstić information content (AvgIpc) is 3.23. The third kappa shape index (κ3) is 6.35. The Morgan fingerprint density at radius 2 is 2.00 bits per heavy atom. The number of ether oxygens (including phenoxy) is 2. The first kappa shape index (κ1) is 28.0. The molecule has 0 spiro atoms. The molecule has 0 amide bonds. The quantitative estimate of drug-likeness (QED) is 0.107. The Balaban J connectivity index is 1.56. The van der Waals surface area contributed by atoms with E-state index in [1.54, 1.807) is 29.7 Å². The Hall–Kier alpha value is -2.97. The van der Waals surface area contributed by atoms with Crippen LogP contribution in [-0.2, 0) is 19.4 Å². The number of nitro benzene ring substituents is 1. The Morgan fingerprint density at radius 3 is 2.63 bits per heavy atom. The normalized spacial score (nSPS) is 15.2. The number of halogens is 1. The number of non-ortho nitro benzene ring substituents is 1. The summed E-state index contributed by atoms with van der Waals surface area (Å²) in [6.45, 7) is 9.50. The lowest BCUT2D eigenvalue weighted by atomic mass is 9.72. The number of benzene rings is 2. The minimum atomic E-state index is -0.422. The van der Waals surface area contributed by atoms with Gasteiger partial charge in [-0.1, -0.05) is 20.8 Å². The van der Waals surface area contributed by atoms with Crippen molar-refractivity contribution in [1.29, 1.82) is 5.26 Å². The fourth-order valence-electron chi connectivity index (χ4n) is 4.58. The molecular formula is C29H30IN3O4S. The minimum absolute atomic E-state index is 0.0437. The smallest absolute Gasteiger partial charge is 0.269 e. The highest BCUT2D eigenvalue weighted by atomic mass is 127. The van der Waals surface area contributed by atoms with Crippen molar-refractivity contribution in [3.63, 3.8) is 0 Å². The average molecular weight is 644 g/mol. The van der Waals surface area contributed by atoms with Crippen molar-refractivity contribution in [2.75, 3.05) is 6.61 Å². The van der Waals surface area contributed by atoms with Gasteiger partial charge in [-0.25, -0.2) is 4.99 Å². The van der Waals surface area contributed by atoms with Crippen LogP contribution in [0.15, 0.2) is 41.4 Å². The zero-order valence-electron chi connectivity index (χ0n) is 21.9. The van der Waals surface area contributed by atoms with Crippen molar-refractivity contribution in [3.05, 3.63) is 77.2 Å². The summed E-state index contributed by atoms with van der Waals surface area (Å²) in [5.41, 5.74) is 3.83. The van der Waals surface area contributed by atoms with E-state index in [4.69, 9.17) is 14.5 Å². The molecule has 9 heteroatoms. The van der Waals surface area contributed by atoms with Gasteiger partial charge in [-0.3, -0.25) is 10.1 Å². The molecule has 0 radical (unpaired) electrons. The molecule has 1 aliphatic rings. The van der Waals surface area contributed by atoms with E-state index in [2.05, 4.69) is 49.4 Å². The fourth-order valence-corrected chi connectivity index (χ4v) is 6.59. The number of hydrogen-bond donors (Lipinski definition) is 0. The molecule has 0 bridgehead atoms. The largest absolute Gasteiger partial charge is 0.490 e. The van der Waals surface area contributed by atoms with E-state index in [0.717, 1.165) is 39.0 Å². The van der Waals surface area contributed by atoms with Gasteiger partial charge in [0.05, 0.1) is 20.7 Å². The number of nitro groups is 1. The van der Waals surface area contributed by atoms with Gasteiger partial charge < -0.3 is 9.47 Å². The van der Waals surface area contributed by atoms with Crippen LogP contribution in [0, 0.1) is 36.3 Å². The van der Waals surface area contributed by atoms with Gasteiger partial charge in [0, 0.05) is 23.2 Å². The van der Waals surface area contributed by atoms with Gasteiger partial charge in [0.15, 0.2) is 11.5 Å². The molecule has 0 N–H and O–H groups in total. The number of rotatable bonds is 8. The predicted octanol–water partition coefficient (Wildman–Crippen LogP) is 8.01. The number of thiophene rings is 1. The predicted molar refractivity (Wildman–Crippen MR) is 159 cm³/mol. The van der Waals surface area contributed by atoms with Gasteiger partial charge in [-0.2, -0.15) is 5.26 Å². The summed E-state index contributed by atoms with van der Waals surface area (Å²) >= 11 is 3.85. The van der Waals surface area contributed by atoms with Crippen LogP contribution >= 0.6 is 33.9 Å². The molecule has 0 saturated carbocycles. The second-order valence-electron chi connectivity index (χ2n) is 10.3. The van der Waals surface area contributed by atoms with E-state index in [9.17, 15) is 15.4 Å². The van der Waals surface area contributed by atoms with E-state index < -0.39 is 4.92 Å². The highest BCUT2D eigenvalue weighted by Crippen LogP contribution is 2.45. The zero-order valence-corrected chi connectivity index (χ0v) is 24.9. The number of fused-ring (bicyclic) bond motifs is 1. The molecule has 0 saturated heterocycles. The Morgan fingerprint density at radius 1 is 1.26 bits per heavy atom. The molecule has 7 nitrogen and oxygen atoms in total. The molecule has 1 aliphatic carbocycles. The molecular weight excluding hydrogens is 613 g/mol. The third-order valence-electron chi connectivity index (χ3n) is 6.78. The Labute approximate surface area is 240 Å². The second kappa shape index (κ2) is 11.8. The number of hydrogen-bond acceptors (Lipinski definition) is 7. The number of nitriles is 1. The second-order valence-corrected chi connectivity index (χ2v) is 12.6. The number of nitrogens with zero attached hydrogens (tertiary/aromatic N) is 3. The lowest BCUT2D eigenvalue weighted by Gasteiger charge is -2.33. The van der Waals surface area contributed by atoms with Crippen LogP contribution in [0.4, 0.5) is 10.7 Å². The van der Waals surface area contributed by atoms with Crippen LogP contribution in [0.2, 0.25) is 0 Å². The van der Waals surface area contributed by atoms with Crippen molar-refractivity contribution in [2.24, 2.45) is 16.3 Å². The van der Waals surface area contributed by atoms with Gasteiger partial charge in [0.1, 0.15) is 17.7 Å². The molecule has 0 unspecified atom stereocenters. The SMILES string of the molecule is CCOc1cc(C=Nc2sc3c(c2C#N)CC[C@H](C(C)(C)C)C3)cc(I)c1OCc1ccc([N+](=O)[O-])cc1. The summed E-state index contributed by atoms with van der Waals surface area (Å²) in [6.07, 6.45) is 4.81. The van der Waals surface area contributed by atoms with E-state index >= 15 is 0 Å². The standard InChI is InChI=1S/C29H30IN3O4S/c1-5-36-25-13-19(12-24(30)27(25)37-17-18-6-9-21(10-7-18)33(34)35)16-32-28-23(15-31)22-11-8-20(29(2,3)4)14-26(22)38-28/h6-7,9-10,12-13,16,20H,5,8,11,14,17H2,1-4H3/t20-/m0/s1. The van der Waals surface area contributed by atoms with Crippen LogP contribution < -0.4 is 9.47 Å². The molecule has 4 rings (SSSR count).